The molecule has 0 radical (unpaired) electrons. The van der Waals surface area contributed by atoms with Gasteiger partial charge in [-0.1, -0.05) is 20.3 Å². The van der Waals surface area contributed by atoms with Gasteiger partial charge in [-0.2, -0.15) is 0 Å². The van der Waals surface area contributed by atoms with Gasteiger partial charge in [-0.15, -0.1) is 0 Å². The van der Waals surface area contributed by atoms with E-state index >= 15 is 0 Å². The Labute approximate surface area is 92.2 Å². The van der Waals surface area contributed by atoms with E-state index < -0.39 is 0 Å². The zero-order valence-electron chi connectivity index (χ0n) is 9.78. The summed E-state index contributed by atoms with van der Waals surface area (Å²) < 4.78 is 5.26. The quantitative estimate of drug-likeness (QED) is 0.739. The molecule has 1 heterocycles. The molecule has 0 amide bonds. The van der Waals surface area contributed by atoms with E-state index in [0.29, 0.717) is 19.3 Å². The topological polar surface area (TPSA) is 41.5 Å². The second-order valence-electron chi connectivity index (χ2n) is 5.09. The molecule has 3 heteroatoms. The van der Waals surface area contributed by atoms with Crippen molar-refractivity contribution in [3.63, 3.8) is 0 Å². The van der Waals surface area contributed by atoms with Crippen molar-refractivity contribution in [3.8, 4) is 0 Å². The van der Waals surface area contributed by atoms with Gasteiger partial charge in [0.2, 0.25) is 0 Å². The Morgan fingerprint density at radius 2 is 2.07 bits per heavy atom. The standard InChI is InChI=1S/C12H23NO2/c1-3-9-4-5-10(8(9)2)13-11-6-15-7-12(11)14/h8-14H,3-7H2,1-2H3. The van der Waals surface area contributed by atoms with Crippen LogP contribution in [0.3, 0.4) is 0 Å². The normalized spacial score (nSPS) is 46.2. The van der Waals surface area contributed by atoms with Crippen LogP contribution >= 0.6 is 0 Å². The summed E-state index contributed by atoms with van der Waals surface area (Å²) in [5.41, 5.74) is 0. The van der Waals surface area contributed by atoms with Crippen molar-refractivity contribution in [2.24, 2.45) is 11.8 Å². The van der Waals surface area contributed by atoms with Crippen LogP contribution in [0.1, 0.15) is 33.1 Å². The van der Waals surface area contributed by atoms with E-state index in [0.717, 1.165) is 11.8 Å². The highest BCUT2D eigenvalue weighted by molar-refractivity contribution is 4.91. The van der Waals surface area contributed by atoms with Crippen LogP contribution in [0.25, 0.3) is 0 Å². The Kier molecular flexibility index (Phi) is 3.65. The van der Waals surface area contributed by atoms with Crippen LogP contribution < -0.4 is 5.32 Å². The molecule has 5 atom stereocenters. The molecular weight excluding hydrogens is 190 g/mol. The Morgan fingerprint density at radius 3 is 2.60 bits per heavy atom. The lowest BCUT2D eigenvalue weighted by Crippen LogP contribution is -2.46. The monoisotopic (exact) mass is 213 g/mol. The maximum Gasteiger partial charge on any atom is 0.0948 e. The molecule has 0 aromatic heterocycles. The fourth-order valence-electron chi connectivity index (χ4n) is 3.04. The molecule has 0 aromatic rings. The number of aliphatic hydroxyl groups excluding tert-OH is 1. The third-order valence-corrected chi connectivity index (χ3v) is 4.23. The maximum absolute atomic E-state index is 9.67. The van der Waals surface area contributed by atoms with Gasteiger partial charge in [0.15, 0.2) is 0 Å². The number of hydrogen-bond acceptors (Lipinski definition) is 3. The van der Waals surface area contributed by atoms with Crippen LogP contribution in [0.4, 0.5) is 0 Å². The van der Waals surface area contributed by atoms with Crippen molar-refractivity contribution in [1.82, 2.24) is 5.32 Å². The number of aliphatic hydroxyl groups is 1. The molecule has 1 saturated heterocycles. The average molecular weight is 213 g/mol. The van der Waals surface area contributed by atoms with Crippen LogP contribution in [0, 0.1) is 11.8 Å². The van der Waals surface area contributed by atoms with E-state index in [1.54, 1.807) is 0 Å². The Hall–Kier alpha value is -0.120. The Morgan fingerprint density at radius 1 is 1.27 bits per heavy atom. The lowest BCUT2D eigenvalue weighted by Gasteiger charge is -2.25. The summed E-state index contributed by atoms with van der Waals surface area (Å²) in [6.45, 7) is 5.77. The summed E-state index contributed by atoms with van der Waals surface area (Å²) in [5.74, 6) is 1.60. The van der Waals surface area contributed by atoms with Gasteiger partial charge in [-0.25, -0.2) is 0 Å². The summed E-state index contributed by atoms with van der Waals surface area (Å²) in [4.78, 5) is 0. The van der Waals surface area contributed by atoms with E-state index in [9.17, 15) is 5.11 Å². The lowest BCUT2D eigenvalue weighted by atomic mass is 9.93. The van der Waals surface area contributed by atoms with Crippen LogP contribution in [-0.4, -0.2) is 36.5 Å². The second-order valence-corrected chi connectivity index (χ2v) is 5.09. The lowest BCUT2D eigenvalue weighted by molar-refractivity contribution is 0.120. The predicted molar refractivity (Wildman–Crippen MR) is 59.7 cm³/mol. The molecule has 88 valence electrons. The van der Waals surface area contributed by atoms with Crippen molar-refractivity contribution >= 4 is 0 Å². The van der Waals surface area contributed by atoms with Gasteiger partial charge in [-0.05, 0) is 24.7 Å². The number of rotatable bonds is 3. The fraction of sp³-hybridized carbons (Fsp3) is 1.00. The van der Waals surface area contributed by atoms with Crippen LogP contribution in [-0.2, 0) is 4.74 Å². The predicted octanol–water partition coefficient (Wildman–Crippen LogP) is 1.16. The van der Waals surface area contributed by atoms with E-state index in [1.165, 1.54) is 19.3 Å². The Balaban J connectivity index is 1.85. The second kappa shape index (κ2) is 4.81. The third-order valence-electron chi connectivity index (χ3n) is 4.23. The molecule has 15 heavy (non-hydrogen) atoms. The van der Waals surface area contributed by atoms with E-state index in [4.69, 9.17) is 4.74 Å². The fourth-order valence-corrected chi connectivity index (χ4v) is 3.04. The molecule has 1 aliphatic carbocycles. The molecule has 5 unspecified atom stereocenters. The van der Waals surface area contributed by atoms with Crippen LogP contribution in [0.15, 0.2) is 0 Å². The summed E-state index contributed by atoms with van der Waals surface area (Å²) >= 11 is 0. The van der Waals surface area contributed by atoms with Gasteiger partial charge in [0.25, 0.3) is 0 Å². The van der Waals surface area contributed by atoms with Crippen molar-refractivity contribution in [1.29, 1.82) is 0 Å². The van der Waals surface area contributed by atoms with Gasteiger partial charge in [0.1, 0.15) is 0 Å². The highest BCUT2D eigenvalue weighted by Crippen LogP contribution is 2.34. The van der Waals surface area contributed by atoms with Crippen LogP contribution in [0.5, 0.6) is 0 Å². The zero-order chi connectivity index (χ0) is 10.8. The first-order valence-corrected chi connectivity index (χ1v) is 6.24. The molecular formula is C12H23NO2. The highest BCUT2D eigenvalue weighted by atomic mass is 16.5. The van der Waals surface area contributed by atoms with Gasteiger partial charge in [-0.3, -0.25) is 0 Å². The number of nitrogens with one attached hydrogen (secondary N) is 1. The molecule has 2 fully saturated rings. The van der Waals surface area contributed by atoms with Crippen molar-refractivity contribution < 1.29 is 9.84 Å². The van der Waals surface area contributed by atoms with Gasteiger partial charge < -0.3 is 15.2 Å². The highest BCUT2D eigenvalue weighted by Gasteiger charge is 2.35. The number of ether oxygens (including phenoxy) is 1. The zero-order valence-corrected chi connectivity index (χ0v) is 9.78. The summed E-state index contributed by atoms with van der Waals surface area (Å²) in [6, 6.07) is 0.740. The summed E-state index contributed by atoms with van der Waals surface area (Å²) in [5, 5.41) is 13.2. The first-order valence-electron chi connectivity index (χ1n) is 6.24. The molecule has 1 aliphatic heterocycles. The smallest absolute Gasteiger partial charge is 0.0948 e. The van der Waals surface area contributed by atoms with Crippen molar-refractivity contribution in [2.45, 2.75) is 51.3 Å². The minimum absolute atomic E-state index is 0.160. The molecule has 0 bridgehead atoms. The maximum atomic E-state index is 9.67. The minimum Gasteiger partial charge on any atom is -0.389 e. The van der Waals surface area contributed by atoms with E-state index in [2.05, 4.69) is 19.2 Å². The van der Waals surface area contributed by atoms with Crippen molar-refractivity contribution in [2.75, 3.05) is 13.2 Å². The first kappa shape index (κ1) is 11.4. The molecule has 0 spiro atoms. The van der Waals surface area contributed by atoms with Crippen molar-refractivity contribution in [3.05, 3.63) is 0 Å². The minimum atomic E-state index is -0.308. The molecule has 1 saturated carbocycles. The number of hydrogen-bond donors (Lipinski definition) is 2. The molecule has 3 nitrogen and oxygen atoms in total. The van der Waals surface area contributed by atoms with Gasteiger partial charge >= 0.3 is 0 Å². The van der Waals surface area contributed by atoms with E-state index in [1.807, 2.05) is 0 Å². The SMILES string of the molecule is CCC1CCC(NC2COCC2O)C1C. The summed E-state index contributed by atoms with van der Waals surface area (Å²) in [6.07, 6.45) is 3.56. The average Bonchev–Trinajstić information content (AvgIpc) is 2.77. The first-order chi connectivity index (χ1) is 7.22. The van der Waals surface area contributed by atoms with Gasteiger partial charge in [0, 0.05) is 6.04 Å². The third kappa shape index (κ3) is 2.35. The van der Waals surface area contributed by atoms with E-state index in [-0.39, 0.29) is 12.1 Å². The van der Waals surface area contributed by atoms with Gasteiger partial charge in [0.05, 0.1) is 25.4 Å². The van der Waals surface area contributed by atoms with Crippen LogP contribution in [0.2, 0.25) is 0 Å². The largest absolute Gasteiger partial charge is 0.389 e. The molecule has 2 aliphatic rings. The molecule has 2 N–H and O–H groups in total. The molecule has 0 aromatic carbocycles. The molecule has 2 rings (SSSR count). The Bertz CT molecular complexity index is 210. The summed E-state index contributed by atoms with van der Waals surface area (Å²) in [7, 11) is 0.